The van der Waals surface area contributed by atoms with E-state index in [9.17, 15) is 19.6 Å². The molecule has 1 aromatic rings. The summed E-state index contributed by atoms with van der Waals surface area (Å²) in [4.78, 5) is 40.2. The van der Waals surface area contributed by atoms with Crippen LogP contribution in [0.4, 0.5) is 9.80 Å². The number of carbonyl (C=O) groups excluding carboxylic acids is 3. The molecular weight excluding hydrogens is 442 g/mol. The van der Waals surface area contributed by atoms with E-state index in [1.54, 1.807) is 4.90 Å². The van der Waals surface area contributed by atoms with Gasteiger partial charge in [-0.05, 0) is 71.8 Å². The fourth-order valence-corrected chi connectivity index (χ4v) is 5.35. The number of carbonyl (C=O) groups is 3. The molecule has 0 saturated carbocycles. The zero-order chi connectivity index (χ0) is 24.2. The number of likely N-dealkylation sites (tertiary alicyclic amines) is 1. The Balaban J connectivity index is 1.52. The van der Waals surface area contributed by atoms with Crippen molar-refractivity contribution >= 4 is 34.3 Å². The van der Waals surface area contributed by atoms with E-state index in [4.69, 9.17) is 9.47 Å². The Labute approximate surface area is 199 Å². The minimum Gasteiger partial charge on any atom is -0.452 e. The van der Waals surface area contributed by atoms with E-state index in [2.05, 4.69) is 11.4 Å². The number of nitrogens with zero attached hydrogens (tertiary/aromatic N) is 2. The van der Waals surface area contributed by atoms with Crippen LogP contribution >= 0.6 is 11.3 Å². The number of esters is 1. The fraction of sp³-hybridized carbons (Fsp3) is 0.667. The Morgan fingerprint density at radius 2 is 1.82 bits per heavy atom. The summed E-state index contributed by atoms with van der Waals surface area (Å²) in [5.41, 5.74) is 1.03. The monoisotopic (exact) mass is 475 g/mol. The molecule has 33 heavy (non-hydrogen) atoms. The highest BCUT2D eigenvalue weighted by molar-refractivity contribution is 7.16. The van der Waals surface area contributed by atoms with Crippen molar-refractivity contribution in [3.05, 3.63) is 16.0 Å². The van der Waals surface area contributed by atoms with E-state index in [-0.39, 0.29) is 12.0 Å². The quantitative estimate of drug-likeness (QED) is 0.510. The normalized spacial score (nSPS) is 17.8. The molecule has 1 atom stereocenters. The van der Waals surface area contributed by atoms with Gasteiger partial charge >= 0.3 is 12.1 Å². The molecular formula is C24H33N3O5S. The first-order chi connectivity index (χ1) is 15.6. The Bertz CT molecular complexity index is 935. The molecule has 1 unspecified atom stereocenters. The van der Waals surface area contributed by atoms with Crippen molar-refractivity contribution in [3.8, 4) is 6.07 Å². The zero-order valence-electron chi connectivity index (χ0n) is 19.9. The van der Waals surface area contributed by atoms with Crippen LogP contribution in [-0.2, 0) is 31.9 Å². The van der Waals surface area contributed by atoms with Gasteiger partial charge in [-0.1, -0.05) is 6.42 Å². The maximum Gasteiger partial charge on any atom is 0.410 e. The molecule has 0 aromatic carbocycles. The van der Waals surface area contributed by atoms with E-state index in [1.807, 2.05) is 20.8 Å². The molecule has 1 N–H and O–H groups in total. The van der Waals surface area contributed by atoms with Crippen LogP contribution in [0.1, 0.15) is 75.8 Å². The van der Waals surface area contributed by atoms with Gasteiger partial charge in [0, 0.05) is 18.0 Å². The summed E-state index contributed by atoms with van der Waals surface area (Å²) in [5, 5.41) is 13.0. The molecule has 1 aromatic heterocycles. The van der Waals surface area contributed by atoms with Gasteiger partial charge in [0.1, 0.15) is 16.7 Å². The fourth-order valence-electron chi connectivity index (χ4n) is 4.11. The number of nitriles is 1. The number of anilines is 1. The highest BCUT2D eigenvalue weighted by atomic mass is 32.1. The number of thiophene rings is 1. The van der Waals surface area contributed by atoms with Crippen molar-refractivity contribution in [1.29, 1.82) is 5.26 Å². The minimum absolute atomic E-state index is 0.369. The molecule has 0 spiro atoms. The van der Waals surface area contributed by atoms with Gasteiger partial charge in [0.2, 0.25) is 0 Å². The highest BCUT2D eigenvalue weighted by Crippen LogP contribution is 2.37. The first kappa shape index (κ1) is 25.0. The number of piperidine rings is 1. The summed E-state index contributed by atoms with van der Waals surface area (Å²) < 4.78 is 10.8. The molecule has 0 bridgehead atoms. The van der Waals surface area contributed by atoms with Gasteiger partial charge in [0.15, 0.2) is 6.10 Å². The first-order valence-corrected chi connectivity index (χ1v) is 12.4. The molecule has 0 radical (unpaired) electrons. The third kappa shape index (κ3) is 6.47. The van der Waals surface area contributed by atoms with Crippen LogP contribution in [0.2, 0.25) is 0 Å². The van der Waals surface area contributed by atoms with Gasteiger partial charge in [-0.2, -0.15) is 5.26 Å². The second kappa shape index (κ2) is 10.6. The lowest BCUT2D eigenvalue weighted by Gasteiger charge is -2.32. The lowest BCUT2D eigenvalue weighted by Crippen LogP contribution is -2.43. The lowest BCUT2D eigenvalue weighted by molar-refractivity contribution is -0.158. The molecule has 1 fully saturated rings. The third-order valence-electron chi connectivity index (χ3n) is 5.91. The maximum absolute atomic E-state index is 12.7. The van der Waals surface area contributed by atoms with Crippen molar-refractivity contribution in [1.82, 2.24) is 4.90 Å². The predicted molar refractivity (Wildman–Crippen MR) is 125 cm³/mol. The molecule has 1 aliphatic carbocycles. The van der Waals surface area contributed by atoms with Crippen LogP contribution in [0.15, 0.2) is 0 Å². The predicted octanol–water partition coefficient (Wildman–Crippen LogP) is 4.41. The number of fused-ring (bicyclic) bond motifs is 1. The van der Waals surface area contributed by atoms with E-state index in [0.717, 1.165) is 37.7 Å². The van der Waals surface area contributed by atoms with Gasteiger partial charge in [-0.25, -0.2) is 4.79 Å². The first-order valence-electron chi connectivity index (χ1n) is 11.6. The van der Waals surface area contributed by atoms with E-state index in [0.29, 0.717) is 36.5 Å². The Morgan fingerprint density at radius 1 is 1.15 bits per heavy atom. The van der Waals surface area contributed by atoms with Gasteiger partial charge in [-0.3, -0.25) is 9.59 Å². The number of hydrogen-bond acceptors (Lipinski definition) is 7. The van der Waals surface area contributed by atoms with Crippen LogP contribution in [-0.4, -0.2) is 47.7 Å². The molecule has 1 aliphatic heterocycles. The van der Waals surface area contributed by atoms with E-state index < -0.39 is 23.6 Å². The second-order valence-corrected chi connectivity index (χ2v) is 10.8. The highest BCUT2D eigenvalue weighted by Gasteiger charge is 2.32. The van der Waals surface area contributed by atoms with Gasteiger partial charge in [0.05, 0.1) is 11.5 Å². The summed E-state index contributed by atoms with van der Waals surface area (Å²) >= 11 is 1.45. The zero-order valence-corrected chi connectivity index (χ0v) is 20.7. The topological polar surface area (TPSA) is 109 Å². The molecule has 1 saturated heterocycles. The minimum atomic E-state index is -0.977. The summed E-state index contributed by atoms with van der Waals surface area (Å²) in [6.45, 7) is 7.78. The average molecular weight is 476 g/mol. The number of nitrogens with one attached hydrogen (secondary N) is 1. The number of ether oxygens (including phenoxy) is 2. The van der Waals surface area contributed by atoms with Crippen LogP contribution < -0.4 is 5.32 Å². The Kier molecular flexibility index (Phi) is 8.01. The summed E-state index contributed by atoms with van der Waals surface area (Å²) in [7, 11) is 0. The smallest absolute Gasteiger partial charge is 0.410 e. The van der Waals surface area contributed by atoms with Crippen LogP contribution in [0.3, 0.4) is 0 Å². The molecule has 8 nitrogen and oxygen atoms in total. The SMILES string of the molecule is CC(OC(=O)C1CCN(C(=O)OC(C)(C)C)CC1)C(=O)Nc1sc2c(c1C#N)CCCCC2. The number of aryl methyl sites for hydroxylation is 1. The second-order valence-electron chi connectivity index (χ2n) is 9.69. The molecule has 2 aliphatic rings. The summed E-state index contributed by atoms with van der Waals surface area (Å²) in [6.07, 6.45) is 4.63. The van der Waals surface area contributed by atoms with E-state index in [1.165, 1.54) is 23.1 Å². The van der Waals surface area contributed by atoms with Crippen molar-refractivity contribution in [3.63, 3.8) is 0 Å². The molecule has 180 valence electrons. The van der Waals surface area contributed by atoms with Crippen molar-refractivity contribution in [2.75, 3.05) is 18.4 Å². The van der Waals surface area contributed by atoms with Crippen molar-refractivity contribution in [2.45, 2.75) is 84.3 Å². The van der Waals surface area contributed by atoms with Gasteiger partial charge in [0.25, 0.3) is 5.91 Å². The summed E-state index contributed by atoms with van der Waals surface area (Å²) in [6, 6.07) is 2.24. The van der Waals surface area contributed by atoms with Crippen molar-refractivity contribution < 1.29 is 23.9 Å². The standard InChI is InChI=1S/C24H33N3O5S/c1-15(20(28)26-21-18(14-25)17-8-6-5-7-9-19(17)33-21)31-22(29)16-10-12-27(13-11-16)23(30)32-24(2,3)4/h15-16H,5-13H2,1-4H3,(H,26,28). The number of amides is 2. The Morgan fingerprint density at radius 3 is 2.45 bits per heavy atom. The van der Waals surface area contributed by atoms with Crippen molar-refractivity contribution in [2.24, 2.45) is 5.92 Å². The summed E-state index contributed by atoms with van der Waals surface area (Å²) in [5.74, 6) is -1.25. The third-order valence-corrected chi connectivity index (χ3v) is 7.12. The van der Waals surface area contributed by atoms with Crippen LogP contribution in [0.5, 0.6) is 0 Å². The van der Waals surface area contributed by atoms with Crippen LogP contribution in [0, 0.1) is 17.2 Å². The molecule has 2 amide bonds. The van der Waals surface area contributed by atoms with Gasteiger partial charge in [-0.15, -0.1) is 11.3 Å². The molecule has 9 heteroatoms. The molecule has 3 rings (SSSR count). The average Bonchev–Trinajstić information content (AvgIpc) is 2.91. The van der Waals surface area contributed by atoms with Crippen LogP contribution in [0.25, 0.3) is 0 Å². The Hall–Kier alpha value is -2.60. The maximum atomic E-state index is 12.7. The number of rotatable bonds is 4. The van der Waals surface area contributed by atoms with E-state index >= 15 is 0 Å². The van der Waals surface area contributed by atoms with Gasteiger partial charge < -0.3 is 19.7 Å². The largest absolute Gasteiger partial charge is 0.452 e. The number of hydrogen-bond donors (Lipinski definition) is 1. The molecule has 2 heterocycles. The lowest BCUT2D eigenvalue weighted by atomic mass is 9.97.